The van der Waals surface area contributed by atoms with Crippen LogP contribution in [0.3, 0.4) is 0 Å². The molecule has 0 atom stereocenters. The minimum Gasteiger partial charge on any atom is -0.448 e. The van der Waals surface area contributed by atoms with Crippen LogP contribution in [0.5, 0.6) is 0 Å². The van der Waals surface area contributed by atoms with Crippen molar-refractivity contribution in [3.8, 4) is 0 Å². The number of nitrogens with zero attached hydrogens (tertiary/aromatic N) is 2. The summed E-state index contributed by atoms with van der Waals surface area (Å²) in [5, 5.41) is 3.13. The summed E-state index contributed by atoms with van der Waals surface area (Å²) >= 11 is 7.35. The van der Waals surface area contributed by atoms with E-state index in [9.17, 15) is 4.79 Å². The third-order valence-corrected chi connectivity index (χ3v) is 3.88. The summed E-state index contributed by atoms with van der Waals surface area (Å²) in [4.78, 5) is 17.3. The van der Waals surface area contributed by atoms with E-state index in [2.05, 4.69) is 4.98 Å². The summed E-state index contributed by atoms with van der Waals surface area (Å²) in [6, 6.07) is 0. The number of carbonyl (C=O) groups is 1. The molecule has 94 valence electrons. The lowest BCUT2D eigenvalue weighted by Crippen LogP contribution is -2.25. The van der Waals surface area contributed by atoms with Gasteiger partial charge in [0.2, 0.25) is 0 Å². The summed E-state index contributed by atoms with van der Waals surface area (Å²) in [5.41, 5.74) is 0.954. The van der Waals surface area contributed by atoms with E-state index < -0.39 is 0 Å². The van der Waals surface area contributed by atoms with Gasteiger partial charge in [0.15, 0.2) is 0 Å². The summed E-state index contributed by atoms with van der Waals surface area (Å²) in [6.45, 7) is 2.05. The van der Waals surface area contributed by atoms with E-state index in [1.165, 1.54) is 0 Å². The highest BCUT2D eigenvalue weighted by atomic mass is 35.5. The number of hydrogen-bond acceptors (Lipinski definition) is 4. The molecule has 1 aliphatic rings. The summed E-state index contributed by atoms with van der Waals surface area (Å²) in [6.07, 6.45) is 2.82. The molecule has 0 radical (unpaired) electrons. The highest BCUT2D eigenvalue weighted by Gasteiger charge is 2.20. The Morgan fingerprint density at radius 3 is 3.06 bits per heavy atom. The van der Waals surface area contributed by atoms with Gasteiger partial charge in [0, 0.05) is 11.9 Å². The first kappa shape index (κ1) is 12.6. The molecule has 0 spiro atoms. The van der Waals surface area contributed by atoms with Crippen LogP contribution in [0.15, 0.2) is 5.38 Å². The third-order valence-electron chi connectivity index (χ3n) is 2.65. The maximum Gasteiger partial charge on any atom is 0.409 e. The number of aryl methyl sites for hydroxylation is 1. The maximum atomic E-state index is 11.2. The van der Waals surface area contributed by atoms with E-state index in [4.69, 9.17) is 16.3 Å². The van der Waals surface area contributed by atoms with Gasteiger partial charge in [0.1, 0.15) is 6.61 Å². The molecule has 0 aliphatic carbocycles. The molecule has 0 aromatic carbocycles. The molecule has 6 heteroatoms. The number of carbonyl (C=O) groups excluding carboxylic acids is 1. The Labute approximate surface area is 110 Å². The maximum absolute atomic E-state index is 11.2. The van der Waals surface area contributed by atoms with Crippen molar-refractivity contribution in [1.82, 2.24) is 9.88 Å². The second-order valence-electron chi connectivity index (χ2n) is 3.92. The highest BCUT2D eigenvalue weighted by Crippen LogP contribution is 2.14. The molecule has 2 rings (SSSR count). The van der Waals surface area contributed by atoms with Crippen LogP contribution in [0.1, 0.15) is 23.5 Å². The summed E-state index contributed by atoms with van der Waals surface area (Å²) in [7, 11) is 0. The molecule has 1 aliphatic heterocycles. The Morgan fingerprint density at radius 1 is 1.53 bits per heavy atom. The lowest BCUT2D eigenvalue weighted by atomic mass is 10.2. The monoisotopic (exact) mass is 274 g/mol. The van der Waals surface area contributed by atoms with Gasteiger partial charge in [0.25, 0.3) is 0 Å². The van der Waals surface area contributed by atoms with Gasteiger partial charge in [-0.2, -0.15) is 0 Å². The summed E-state index contributed by atoms with van der Waals surface area (Å²) in [5.74, 6) is 0.482. The largest absolute Gasteiger partial charge is 0.448 e. The number of ether oxygens (including phenoxy) is 1. The molecule has 2 heterocycles. The fourth-order valence-electron chi connectivity index (χ4n) is 1.73. The first-order valence-corrected chi connectivity index (χ1v) is 7.12. The van der Waals surface area contributed by atoms with Gasteiger partial charge in [-0.05, 0) is 19.3 Å². The van der Waals surface area contributed by atoms with Crippen molar-refractivity contribution in [2.75, 3.05) is 19.7 Å². The number of halogens is 1. The molecule has 0 N–H and O–H groups in total. The SMILES string of the molecule is O=C1OCCN1CCCCc1nc(CCl)cs1. The van der Waals surface area contributed by atoms with Gasteiger partial charge in [-0.25, -0.2) is 9.78 Å². The second-order valence-corrected chi connectivity index (χ2v) is 5.13. The number of thiazole rings is 1. The molecule has 0 bridgehead atoms. The Morgan fingerprint density at radius 2 is 2.41 bits per heavy atom. The molecule has 1 saturated heterocycles. The predicted molar refractivity (Wildman–Crippen MR) is 67.5 cm³/mol. The van der Waals surface area contributed by atoms with E-state index in [0.717, 1.165) is 43.1 Å². The van der Waals surface area contributed by atoms with Gasteiger partial charge in [-0.1, -0.05) is 0 Å². The fraction of sp³-hybridized carbons (Fsp3) is 0.636. The first-order chi connectivity index (χ1) is 8.29. The average molecular weight is 275 g/mol. The average Bonchev–Trinajstić information content (AvgIpc) is 2.94. The van der Waals surface area contributed by atoms with Crippen LogP contribution in [0.4, 0.5) is 4.79 Å². The number of alkyl halides is 1. The third kappa shape index (κ3) is 3.57. The van der Waals surface area contributed by atoms with Crippen molar-refractivity contribution in [1.29, 1.82) is 0 Å². The smallest absolute Gasteiger partial charge is 0.409 e. The standard InChI is InChI=1S/C11H15ClN2O2S/c12-7-9-8-17-10(13-9)3-1-2-4-14-5-6-16-11(14)15/h8H,1-7H2. The number of hydrogen-bond donors (Lipinski definition) is 0. The van der Waals surface area contributed by atoms with Gasteiger partial charge in [-0.3, -0.25) is 0 Å². The van der Waals surface area contributed by atoms with E-state index in [-0.39, 0.29) is 6.09 Å². The lowest BCUT2D eigenvalue weighted by Gasteiger charge is -2.11. The molecule has 1 fully saturated rings. The van der Waals surface area contributed by atoms with Crippen LogP contribution in [-0.4, -0.2) is 35.7 Å². The predicted octanol–water partition coefficient (Wildman–Crippen LogP) is 2.66. The van der Waals surface area contributed by atoms with Gasteiger partial charge in [0.05, 0.1) is 23.1 Å². The number of amides is 1. The zero-order chi connectivity index (χ0) is 12.1. The Bertz CT molecular complexity index is 383. The second kappa shape index (κ2) is 6.21. The Kier molecular flexibility index (Phi) is 4.62. The molecule has 0 unspecified atom stereocenters. The molecule has 4 nitrogen and oxygen atoms in total. The van der Waals surface area contributed by atoms with Crippen molar-refractivity contribution < 1.29 is 9.53 Å². The van der Waals surface area contributed by atoms with Crippen LogP contribution in [0, 0.1) is 0 Å². The van der Waals surface area contributed by atoms with Crippen LogP contribution in [0.25, 0.3) is 0 Å². The zero-order valence-electron chi connectivity index (χ0n) is 9.52. The van der Waals surface area contributed by atoms with Crippen molar-refractivity contribution in [3.05, 3.63) is 16.1 Å². The van der Waals surface area contributed by atoms with E-state index in [1.54, 1.807) is 16.2 Å². The quantitative estimate of drug-likeness (QED) is 0.592. The topological polar surface area (TPSA) is 42.4 Å². The van der Waals surface area contributed by atoms with Gasteiger partial charge >= 0.3 is 6.09 Å². The Hall–Kier alpha value is -0.810. The normalized spacial score (nSPS) is 15.4. The van der Waals surface area contributed by atoms with Crippen molar-refractivity contribution in [3.63, 3.8) is 0 Å². The van der Waals surface area contributed by atoms with Gasteiger partial charge in [-0.15, -0.1) is 22.9 Å². The number of aromatic nitrogens is 1. The minimum atomic E-state index is -0.177. The number of unbranched alkanes of at least 4 members (excludes halogenated alkanes) is 1. The van der Waals surface area contributed by atoms with E-state index in [1.807, 2.05) is 5.38 Å². The number of rotatable bonds is 6. The van der Waals surface area contributed by atoms with Crippen LogP contribution in [-0.2, 0) is 17.0 Å². The molecular formula is C11H15ClN2O2S. The molecule has 0 saturated carbocycles. The molecule has 1 aromatic rings. The molecule has 1 aromatic heterocycles. The lowest BCUT2D eigenvalue weighted by molar-refractivity contribution is 0.158. The van der Waals surface area contributed by atoms with Gasteiger partial charge < -0.3 is 9.64 Å². The van der Waals surface area contributed by atoms with Crippen LogP contribution >= 0.6 is 22.9 Å². The van der Waals surface area contributed by atoms with Crippen LogP contribution in [0.2, 0.25) is 0 Å². The van der Waals surface area contributed by atoms with E-state index in [0.29, 0.717) is 12.5 Å². The Balaban J connectivity index is 1.64. The number of cyclic esters (lactones) is 1. The summed E-state index contributed by atoms with van der Waals surface area (Å²) < 4.78 is 4.86. The van der Waals surface area contributed by atoms with Crippen molar-refractivity contribution in [2.45, 2.75) is 25.1 Å². The van der Waals surface area contributed by atoms with Crippen molar-refractivity contribution in [2.24, 2.45) is 0 Å². The molecular weight excluding hydrogens is 260 g/mol. The minimum absolute atomic E-state index is 0.177. The van der Waals surface area contributed by atoms with E-state index >= 15 is 0 Å². The molecule has 17 heavy (non-hydrogen) atoms. The fourth-order valence-corrected chi connectivity index (χ4v) is 2.80. The van der Waals surface area contributed by atoms with Crippen LogP contribution < -0.4 is 0 Å². The van der Waals surface area contributed by atoms with Crippen molar-refractivity contribution >= 4 is 29.0 Å². The first-order valence-electron chi connectivity index (χ1n) is 5.70. The highest BCUT2D eigenvalue weighted by molar-refractivity contribution is 7.09. The molecule has 1 amide bonds. The zero-order valence-corrected chi connectivity index (χ0v) is 11.1.